The fourth-order valence-electron chi connectivity index (χ4n) is 1.36. The van der Waals surface area contributed by atoms with E-state index in [1.807, 2.05) is 6.07 Å². The zero-order valence-corrected chi connectivity index (χ0v) is 10.0. The van der Waals surface area contributed by atoms with Gasteiger partial charge in [0, 0.05) is 24.6 Å². The minimum atomic E-state index is 0.285. The molecule has 0 heterocycles. The van der Waals surface area contributed by atoms with Gasteiger partial charge in [0.15, 0.2) is 0 Å². The predicted molar refractivity (Wildman–Crippen MR) is 67.2 cm³/mol. The lowest BCUT2D eigenvalue weighted by Gasteiger charge is -2.16. The summed E-state index contributed by atoms with van der Waals surface area (Å²) in [6, 6.07) is 10.5. The van der Waals surface area contributed by atoms with E-state index in [1.165, 1.54) is 5.56 Å². The first-order valence-corrected chi connectivity index (χ1v) is 6.39. The van der Waals surface area contributed by atoms with Crippen molar-refractivity contribution in [3.8, 4) is 0 Å². The first-order chi connectivity index (χ1) is 7.33. The van der Waals surface area contributed by atoms with Crippen molar-refractivity contribution in [1.29, 1.82) is 0 Å². The maximum Gasteiger partial charge on any atom is 0.0521 e. The summed E-state index contributed by atoms with van der Waals surface area (Å²) in [6.45, 7) is 2.35. The normalized spacial score (nSPS) is 10.9. The van der Waals surface area contributed by atoms with Crippen molar-refractivity contribution in [2.75, 3.05) is 31.7 Å². The SMILES string of the molecule is CN(CCSCCO)Cc1ccccc1. The van der Waals surface area contributed by atoms with Crippen molar-refractivity contribution < 1.29 is 5.11 Å². The first-order valence-electron chi connectivity index (χ1n) is 5.24. The lowest BCUT2D eigenvalue weighted by atomic mass is 10.2. The van der Waals surface area contributed by atoms with Gasteiger partial charge in [0.25, 0.3) is 0 Å². The van der Waals surface area contributed by atoms with Crippen LogP contribution >= 0.6 is 11.8 Å². The second-order valence-electron chi connectivity index (χ2n) is 3.56. The Bertz CT molecular complexity index is 253. The van der Waals surface area contributed by atoms with Crippen LogP contribution in [0, 0.1) is 0 Å². The zero-order valence-electron chi connectivity index (χ0n) is 9.22. The highest BCUT2D eigenvalue weighted by Crippen LogP contribution is 2.04. The number of benzene rings is 1. The van der Waals surface area contributed by atoms with Crippen LogP contribution in [0.5, 0.6) is 0 Å². The quantitative estimate of drug-likeness (QED) is 0.716. The fourth-order valence-corrected chi connectivity index (χ4v) is 2.14. The van der Waals surface area contributed by atoms with E-state index in [4.69, 9.17) is 5.11 Å². The van der Waals surface area contributed by atoms with E-state index in [1.54, 1.807) is 11.8 Å². The van der Waals surface area contributed by atoms with E-state index in [-0.39, 0.29) is 6.61 Å². The van der Waals surface area contributed by atoms with Crippen molar-refractivity contribution in [2.45, 2.75) is 6.54 Å². The molecule has 1 N–H and O–H groups in total. The van der Waals surface area contributed by atoms with E-state index in [0.29, 0.717) is 0 Å². The molecular weight excluding hydrogens is 206 g/mol. The number of nitrogens with zero attached hydrogens (tertiary/aromatic N) is 1. The molecule has 15 heavy (non-hydrogen) atoms. The van der Waals surface area contributed by atoms with Gasteiger partial charge < -0.3 is 10.0 Å². The van der Waals surface area contributed by atoms with Gasteiger partial charge in [-0.1, -0.05) is 30.3 Å². The van der Waals surface area contributed by atoms with Gasteiger partial charge in [-0.3, -0.25) is 0 Å². The lowest BCUT2D eigenvalue weighted by molar-refractivity contribution is 0.322. The fraction of sp³-hybridized carbons (Fsp3) is 0.500. The van der Waals surface area contributed by atoms with Crippen LogP contribution in [0.4, 0.5) is 0 Å². The highest BCUT2D eigenvalue weighted by molar-refractivity contribution is 7.99. The molecule has 0 aliphatic rings. The smallest absolute Gasteiger partial charge is 0.0521 e. The molecule has 0 aliphatic heterocycles. The summed E-state index contributed by atoms with van der Waals surface area (Å²) in [4.78, 5) is 2.31. The molecule has 0 saturated heterocycles. The standard InChI is InChI=1S/C12H19NOS/c1-13(7-9-15-10-8-14)11-12-5-3-2-4-6-12/h2-6,14H,7-11H2,1H3. The minimum absolute atomic E-state index is 0.285. The monoisotopic (exact) mass is 225 g/mol. The summed E-state index contributed by atoms with van der Waals surface area (Å²) in [5, 5.41) is 8.63. The highest BCUT2D eigenvalue weighted by atomic mass is 32.2. The van der Waals surface area contributed by atoms with Crippen molar-refractivity contribution in [1.82, 2.24) is 4.90 Å². The molecule has 0 aromatic heterocycles. The maximum absolute atomic E-state index is 8.63. The number of thioether (sulfide) groups is 1. The Morgan fingerprint density at radius 1 is 1.20 bits per heavy atom. The van der Waals surface area contributed by atoms with Crippen LogP contribution in [0.15, 0.2) is 30.3 Å². The van der Waals surface area contributed by atoms with Crippen LogP contribution in [-0.2, 0) is 6.54 Å². The van der Waals surface area contributed by atoms with E-state index < -0.39 is 0 Å². The molecule has 3 heteroatoms. The Labute approximate surface area is 96.3 Å². The molecule has 0 atom stereocenters. The molecule has 0 unspecified atom stereocenters. The number of rotatable bonds is 7. The topological polar surface area (TPSA) is 23.5 Å². The third-order valence-electron chi connectivity index (χ3n) is 2.15. The molecule has 0 saturated carbocycles. The number of hydrogen-bond donors (Lipinski definition) is 1. The van der Waals surface area contributed by atoms with Crippen LogP contribution in [0.3, 0.4) is 0 Å². The van der Waals surface area contributed by atoms with Gasteiger partial charge in [-0.2, -0.15) is 11.8 Å². The van der Waals surface area contributed by atoms with Gasteiger partial charge >= 0.3 is 0 Å². The van der Waals surface area contributed by atoms with Crippen molar-refractivity contribution in [3.63, 3.8) is 0 Å². The van der Waals surface area contributed by atoms with E-state index in [2.05, 4.69) is 36.2 Å². The summed E-state index contributed by atoms with van der Waals surface area (Å²) >= 11 is 1.80. The molecule has 0 fully saturated rings. The maximum atomic E-state index is 8.63. The molecule has 0 radical (unpaired) electrons. The van der Waals surface area contributed by atoms with Crippen molar-refractivity contribution in [2.24, 2.45) is 0 Å². The second-order valence-corrected chi connectivity index (χ2v) is 4.78. The third kappa shape index (κ3) is 5.82. The summed E-state index contributed by atoms with van der Waals surface area (Å²) in [6.07, 6.45) is 0. The average Bonchev–Trinajstić information content (AvgIpc) is 2.26. The average molecular weight is 225 g/mol. The van der Waals surface area contributed by atoms with Crippen LogP contribution < -0.4 is 0 Å². The van der Waals surface area contributed by atoms with Crippen molar-refractivity contribution >= 4 is 11.8 Å². The molecule has 1 rings (SSSR count). The Hall–Kier alpha value is -0.510. The van der Waals surface area contributed by atoms with Gasteiger partial charge in [0.1, 0.15) is 0 Å². The summed E-state index contributed by atoms with van der Waals surface area (Å²) in [5.74, 6) is 1.93. The molecule has 1 aromatic carbocycles. The zero-order chi connectivity index (χ0) is 10.9. The highest BCUT2D eigenvalue weighted by Gasteiger charge is 1.99. The molecule has 0 bridgehead atoms. The van der Waals surface area contributed by atoms with Gasteiger partial charge in [0.2, 0.25) is 0 Å². The van der Waals surface area contributed by atoms with Gasteiger partial charge in [-0.25, -0.2) is 0 Å². The minimum Gasteiger partial charge on any atom is -0.396 e. The molecule has 2 nitrogen and oxygen atoms in total. The third-order valence-corrected chi connectivity index (χ3v) is 3.09. The largest absolute Gasteiger partial charge is 0.396 e. The first kappa shape index (κ1) is 12.6. The molecule has 1 aromatic rings. The predicted octanol–water partition coefficient (Wildman–Crippen LogP) is 1.84. The molecular formula is C12H19NOS. The van der Waals surface area contributed by atoms with Crippen LogP contribution in [0.25, 0.3) is 0 Å². The summed E-state index contributed by atoms with van der Waals surface area (Å²) in [7, 11) is 2.13. The van der Waals surface area contributed by atoms with Crippen molar-refractivity contribution in [3.05, 3.63) is 35.9 Å². The van der Waals surface area contributed by atoms with Crippen LogP contribution in [-0.4, -0.2) is 41.7 Å². The lowest BCUT2D eigenvalue weighted by Crippen LogP contribution is -2.20. The van der Waals surface area contributed by atoms with Gasteiger partial charge in [-0.15, -0.1) is 0 Å². The number of aliphatic hydroxyl groups is 1. The van der Waals surface area contributed by atoms with E-state index in [9.17, 15) is 0 Å². The Morgan fingerprint density at radius 2 is 1.93 bits per heavy atom. The summed E-state index contributed by atoms with van der Waals surface area (Å²) in [5.41, 5.74) is 1.35. The Balaban J connectivity index is 2.16. The Morgan fingerprint density at radius 3 is 2.60 bits per heavy atom. The van der Waals surface area contributed by atoms with E-state index >= 15 is 0 Å². The number of hydrogen-bond acceptors (Lipinski definition) is 3. The summed E-state index contributed by atoms with van der Waals surface area (Å²) < 4.78 is 0. The molecule has 0 amide bonds. The number of aliphatic hydroxyl groups excluding tert-OH is 1. The second kappa shape index (κ2) is 7.74. The molecule has 0 aliphatic carbocycles. The van der Waals surface area contributed by atoms with E-state index in [0.717, 1.165) is 24.6 Å². The van der Waals surface area contributed by atoms with Gasteiger partial charge in [-0.05, 0) is 12.6 Å². The molecule has 84 valence electrons. The van der Waals surface area contributed by atoms with Crippen LogP contribution in [0.1, 0.15) is 5.56 Å². The van der Waals surface area contributed by atoms with Gasteiger partial charge in [0.05, 0.1) is 6.61 Å². The van der Waals surface area contributed by atoms with Crippen LogP contribution in [0.2, 0.25) is 0 Å². The molecule has 0 spiro atoms. The Kier molecular flexibility index (Phi) is 6.48.